The summed E-state index contributed by atoms with van der Waals surface area (Å²) in [5, 5.41) is 12.5. The van der Waals surface area contributed by atoms with Gasteiger partial charge >= 0.3 is 0 Å². The number of benzene rings is 1. The predicted molar refractivity (Wildman–Crippen MR) is 127 cm³/mol. The molecule has 0 radical (unpaired) electrons. The van der Waals surface area contributed by atoms with E-state index in [1.807, 2.05) is 21.9 Å². The summed E-state index contributed by atoms with van der Waals surface area (Å²) < 4.78 is 0. The number of halogens is 1. The third-order valence-electron chi connectivity index (χ3n) is 6.09. The second-order valence-electron chi connectivity index (χ2n) is 8.29. The zero-order valence-corrected chi connectivity index (χ0v) is 19.0. The lowest BCUT2D eigenvalue weighted by atomic mass is 10.1. The normalized spacial score (nSPS) is 18.7. The lowest BCUT2D eigenvalue weighted by Gasteiger charge is -2.36. The van der Waals surface area contributed by atoms with Crippen LogP contribution in [0.4, 0.5) is 11.5 Å². The van der Waals surface area contributed by atoms with Gasteiger partial charge in [-0.05, 0) is 43.3 Å². The van der Waals surface area contributed by atoms with Crippen LogP contribution in [-0.2, 0) is 9.59 Å². The SMILES string of the molecule is C#Cc1ccc(N2CCN(C(=O)CN3CC[C@@H](C(=O)Nc4ccc(O)c(Cl)c4)C3)CC2)nc1. The number of aromatic nitrogens is 1. The summed E-state index contributed by atoms with van der Waals surface area (Å²) in [6.45, 7) is 4.25. The molecule has 9 heteroatoms. The van der Waals surface area contributed by atoms with Crippen LogP contribution in [0, 0.1) is 18.3 Å². The van der Waals surface area contributed by atoms with Gasteiger partial charge in [0.25, 0.3) is 0 Å². The molecule has 172 valence electrons. The van der Waals surface area contributed by atoms with Crippen molar-refractivity contribution >= 4 is 34.9 Å². The monoisotopic (exact) mass is 467 g/mol. The number of nitrogens with zero attached hydrogens (tertiary/aromatic N) is 4. The zero-order chi connectivity index (χ0) is 23.4. The van der Waals surface area contributed by atoms with Crippen molar-refractivity contribution in [3.8, 4) is 18.1 Å². The largest absolute Gasteiger partial charge is 0.506 e. The third-order valence-corrected chi connectivity index (χ3v) is 6.39. The highest BCUT2D eigenvalue weighted by atomic mass is 35.5. The topological polar surface area (TPSA) is 89.0 Å². The Balaban J connectivity index is 1.23. The lowest BCUT2D eigenvalue weighted by Crippen LogP contribution is -2.51. The van der Waals surface area contributed by atoms with Crippen LogP contribution < -0.4 is 10.2 Å². The molecular formula is C24H26ClN5O3. The molecule has 2 aromatic rings. The number of anilines is 2. The van der Waals surface area contributed by atoms with Crippen molar-refractivity contribution in [3.05, 3.63) is 47.1 Å². The summed E-state index contributed by atoms with van der Waals surface area (Å²) in [5.74, 6) is 3.18. The highest BCUT2D eigenvalue weighted by Gasteiger charge is 2.31. The minimum absolute atomic E-state index is 0.0286. The van der Waals surface area contributed by atoms with Crippen molar-refractivity contribution in [2.45, 2.75) is 6.42 Å². The summed E-state index contributed by atoms with van der Waals surface area (Å²) in [7, 11) is 0. The highest BCUT2D eigenvalue weighted by Crippen LogP contribution is 2.27. The molecule has 0 aliphatic carbocycles. The summed E-state index contributed by atoms with van der Waals surface area (Å²) >= 11 is 5.90. The summed E-state index contributed by atoms with van der Waals surface area (Å²) in [4.78, 5) is 35.9. The van der Waals surface area contributed by atoms with Gasteiger partial charge in [0.15, 0.2) is 0 Å². The molecule has 2 amide bonds. The number of pyridine rings is 1. The van der Waals surface area contributed by atoms with Gasteiger partial charge in [0.1, 0.15) is 11.6 Å². The van der Waals surface area contributed by atoms with Crippen LogP contribution in [0.2, 0.25) is 5.02 Å². The molecule has 2 saturated heterocycles. The molecule has 2 aliphatic rings. The van der Waals surface area contributed by atoms with Crippen LogP contribution in [0.5, 0.6) is 5.75 Å². The van der Waals surface area contributed by atoms with Crippen molar-refractivity contribution in [1.82, 2.24) is 14.8 Å². The first kappa shape index (κ1) is 22.9. The van der Waals surface area contributed by atoms with E-state index in [2.05, 4.69) is 21.1 Å². The Morgan fingerprint density at radius 1 is 1.18 bits per heavy atom. The Morgan fingerprint density at radius 2 is 1.97 bits per heavy atom. The number of aromatic hydroxyl groups is 1. The van der Waals surface area contributed by atoms with Crippen LogP contribution in [0.25, 0.3) is 0 Å². The van der Waals surface area contributed by atoms with Crippen LogP contribution >= 0.6 is 11.6 Å². The number of hydrogen-bond acceptors (Lipinski definition) is 6. The van der Waals surface area contributed by atoms with Crippen molar-refractivity contribution < 1.29 is 14.7 Å². The fourth-order valence-electron chi connectivity index (χ4n) is 4.15. The van der Waals surface area contributed by atoms with Gasteiger partial charge in [-0.2, -0.15) is 0 Å². The summed E-state index contributed by atoms with van der Waals surface area (Å²) in [6, 6.07) is 8.35. The smallest absolute Gasteiger partial charge is 0.236 e. The fraction of sp³-hybridized carbons (Fsp3) is 0.375. The number of rotatable bonds is 5. The van der Waals surface area contributed by atoms with Gasteiger partial charge in [0.05, 0.1) is 17.5 Å². The molecule has 1 aromatic carbocycles. The average molecular weight is 468 g/mol. The van der Waals surface area contributed by atoms with Gasteiger partial charge in [-0.3, -0.25) is 14.5 Å². The molecule has 0 saturated carbocycles. The van der Waals surface area contributed by atoms with E-state index in [0.717, 1.165) is 11.4 Å². The Bertz CT molecular complexity index is 1060. The van der Waals surface area contributed by atoms with Gasteiger partial charge in [-0.15, -0.1) is 6.42 Å². The molecule has 0 unspecified atom stereocenters. The van der Waals surface area contributed by atoms with E-state index in [9.17, 15) is 14.7 Å². The molecule has 2 fully saturated rings. The van der Waals surface area contributed by atoms with Crippen molar-refractivity contribution in [1.29, 1.82) is 0 Å². The lowest BCUT2D eigenvalue weighted by molar-refractivity contribution is -0.132. The fourth-order valence-corrected chi connectivity index (χ4v) is 4.33. The average Bonchev–Trinajstić information content (AvgIpc) is 3.30. The summed E-state index contributed by atoms with van der Waals surface area (Å²) in [5.41, 5.74) is 1.29. The number of phenols is 1. The second-order valence-corrected chi connectivity index (χ2v) is 8.70. The van der Waals surface area contributed by atoms with Gasteiger partial charge in [-0.1, -0.05) is 17.5 Å². The number of carbonyl (C=O) groups excluding carboxylic acids is 2. The molecule has 0 spiro atoms. The standard InChI is InChI=1S/C24H26ClN5O3/c1-2-17-3-6-22(26-14-17)29-9-11-30(12-10-29)23(32)16-28-8-7-18(15-28)24(33)27-19-4-5-21(31)20(25)13-19/h1,3-6,13-14,18,31H,7-12,15-16H2,(H,27,33)/t18-/m1/s1. The van der Waals surface area contributed by atoms with Crippen LogP contribution in [0.1, 0.15) is 12.0 Å². The third kappa shape index (κ3) is 5.56. The Kier molecular flexibility index (Phi) is 7.02. The van der Waals surface area contributed by atoms with E-state index in [1.54, 1.807) is 12.3 Å². The van der Waals surface area contributed by atoms with E-state index < -0.39 is 0 Å². The van der Waals surface area contributed by atoms with E-state index in [4.69, 9.17) is 18.0 Å². The Labute approximate surface area is 198 Å². The van der Waals surface area contributed by atoms with E-state index in [0.29, 0.717) is 57.9 Å². The van der Waals surface area contributed by atoms with Gasteiger partial charge < -0.3 is 20.2 Å². The molecule has 1 atom stereocenters. The van der Waals surface area contributed by atoms with Gasteiger partial charge in [-0.25, -0.2) is 4.98 Å². The van der Waals surface area contributed by atoms with Crippen LogP contribution in [0.3, 0.4) is 0 Å². The Hall–Kier alpha value is -3.28. The molecule has 4 rings (SSSR count). The maximum Gasteiger partial charge on any atom is 0.236 e. The highest BCUT2D eigenvalue weighted by molar-refractivity contribution is 6.32. The van der Waals surface area contributed by atoms with E-state index >= 15 is 0 Å². The first-order chi connectivity index (χ1) is 15.9. The van der Waals surface area contributed by atoms with Crippen molar-refractivity contribution in [2.24, 2.45) is 5.92 Å². The maximum atomic E-state index is 12.8. The number of piperazine rings is 1. The number of terminal acetylenes is 1. The number of carbonyl (C=O) groups is 2. The van der Waals surface area contributed by atoms with Crippen molar-refractivity contribution in [2.75, 3.05) is 56.0 Å². The first-order valence-corrected chi connectivity index (χ1v) is 11.3. The molecule has 8 nitrogen and oxygen atoms in total. The van der Waals surface area contributed by atoms with E-state index in [-0.39, 0.29) is 28.5 Å². The molecule has 1 aromatic heterocycles. The predicted octanol–water partition coefficient (Wildman–Crippen LogP) is 2.03. The molecule has 33 heavy (non-hydrogen) atoms. The molecular weight excluding hydrogens is 442 g/mol. The van der Waals surface area contributed by atoms with Gasteiger partial charge in [0.2, 0.25) is 11.8 Å². The molecule has 2 aliphatic heterocycles. The molecule has 0 bridgehead atoms. The first-order valence-electron chi connectivity index (χ1n) is 10.9. The quantitative estimate of drug-likeness (QED) is 0.516. The zero-order valence-electron chi connectivity index (χ0n) is 18.2. The minimum Gasteiger partial charge on any atom is -0.506 e. The van der Waals surface area contributed by atoms with Gasteiger partial charge in [0, 0.05) is 50.2 Å². The maximum absolute atomic E-state index is 12.8. The number of amides is 2. The molecule has 2 N–H and O–H groups in total. The number of hydrogen-bond donors (Lipinski definition) is 2. The Morgan fingerprint density at radius 3 is 2.64 bits per heavy atom. The van der Waals surface area contributed by atoms with Crippen molar-refractivity contribution in [3.63, 3.8) is 0 Å². The molecule has 3 heterocycles. The minimum atomic E-state index is -0.195. The van der Waals surface area contributed by atoms with E-state index in [1.165, 1.54) is 12.1 Å². The van der Waals surface area contributed by atoms with Crippen LogP contribution in [0.15, 0.2) is 36.5 Å². The summed E-state index contributed by atoms with van der Waals surface area (Å²) in [6.07, 6.45) is 7.76. The number of likely N-dealkylation sites (tertiary alicyclic amines) is 1. The number of phenolic OH excluding ortho intramolecular Hbond substituents is 1. The van der Waals surface area contributed by atoms with Crippen LogP contribution in [-0.4, -0.2) is 77.5 Å². The number of nitrogens with one attached hydrogen (secondary N) is 1. The second kappa shape index (κ2) is 10.1.